The van der Waals surface area contributed by atoms with Crippen LogP contribution in [0.2, 0.25) is 0 Å². The third-order valence-corrected chi connectivity index (χ3v) is 8.06. The monoisotopic (exact) mass is 430 g/mol. The number of aliphatic hydroxyl groups excluding tert-OH is 1. The first-order valence-corrected chi connectivity index (χ1v) is 10.7. The maximum absolute atomic E-state index is 13.4. The molecule has 7 nitrogen and oxygen atoms in total. The van der Waals surface area contributed by atoms with Crippen LogP contribution in [0.4, 0.5) is 0 Å². The Labute approximate surface area is 181 Å². The van der Waals surface area contributed by atoms with Crippen molar-refractivity contribution < 1.29 is 34.1 Å². The van der Waals surface area contributed by atoms with E-state index in [0.29, 0.717) is 31.3 Å². The van der Waals surface area contributed by atoms with Crippen molar-refractivity contribution >= 4 is 17.7 Å². The first kappa shape index (κ1) is 21.8. The number of rotatable bonds is 4. The zero-order valence-electron chi connectivity index (χ0n) is 18.5. The predicted octanol–water partition coefficient (Wildman–Crippen LogP) is 2.94. The number of carbonyl (C=O) groups is 3. The van der Waals surface area contributed by atoms with Gasteiger partial charge in [-0.3, -0.25) is 14.4 Å². The zero-order valence-corrected chi connectivity index (χ0v) is 18.5. The average Bonchev–Trinajstić information content (AvgIpc) is 3.41. The topological polar surface area (TPSA) is 110 Å². The number of carbonyl (C=O) groups excluding carboxylic acids is 3. The van der Waals surface area contributed by atoms with E-state index in [1.165, 1.54) is 13.8 Å². The Morgan fingerprint density at radius 1 is 1.26 bits per heavy atom. The number of esters is 2. The summed E-state index contributed by atoms with van der Waals surface area (Å²) < 4.78 is 10.9. The minimum absolute atomic E-state index is 0.0611. The minimum Gasteiger partial charge on any atom is -0.504 e. The highest BCUT2D eigenvalue weighted by Crippen LogP contribution is 2.77. The van der Waals surface area contributed by atoms with Crippen LogP contribution < -0.4 is 0 Å². The zero-order chi connectivity index (χ0) is 23.0. The lowest BCUT2D eigenvalue weighted by atomic mass is 9.51. The molecule has 2 fully saturated rings. The van der Waals surface area contributed by atoms with Gasteiger partial charge in [0.2, 0.25) is 5.78 Å². The van der Waals surface area contributed by atoms with Crippen LogP contribution in [0, 0.1) is 22.2 Å². The van der Waals surface area contributed by atoms with Gasteiger partial charge in [0, 0.05) is 30.3 Å². The number of ether oxygens (including phenoxy) is 2. The van der Waals surface area contributed by atoms with Crippen LogP contribution in [-0.4, -0.2) is 46.2 Å². The average molecular weight is 430 g/mol. The molecule has 7 heteroatoms. The second-order valence-electron chi connectivity index (χ2n) is 10.1. The summed E-state index contributed by atoms with van der Waals surface area (Å²) in [6, 6.07) is 0. The molecule has 2 saturated carbocycles. The van der Waals surface area contributed by atoms with Crippen molar-refractivity contribution in [1.82, 2.24) is 0 Å². The van der Waals surface area contributed by atoms with E-state index in [1.807, 2.05) is 6.92 Å². The van der Waals surface area contributed by atoms with Crippen LogP contribution in [0.15, 0.2) is 35.6 Å². The number of Topliss-reactive ketones (excluding diaryl/α,β-unsaturated/α-hetero) is 1. The van der Waals surface area contributed by atoms with Gasteiger partial charge in [0.15, 0.2) is 5.76 Å². The number of hydrogen-bond donors (Lipinski definition) is 2. The Balaban J connectivity index is 1.92. The molecule has 168 valence electrons. The van der Waals surface area contributed by atoms with Crippen molar-refractivity contribution in [2.75, 3.05) is 6.61 Å². The number of ketones is 1. The molecule has 4 rings (SSSR count). The van der Waals surface area contributed by atoms with E-state index >= 15 is 0 Å². The van der Waals surface area contributed by atoms with Crippen LogP contribution in [-0.2, 0) is 23.9 Å². The summed E-state index contributed by atoms with van der Waals surface area (Å²) >= 11 is 0. The molecule has 4 aliphatic rings. The number of hydrogen-bond acceptors (Lipinski definition) is 7. The lowest BCUT2D eigenvalue weighted by Gasteiger charge is -2.55. The molecular weight excluding hydrogens is 400 g/mol. The van der Waals surface area contributed by atoms with Crippen LogP contribution in [0.3, 0.4) is 0 Å². The predicted molar refractivity (Wildman–Crippen MR) is 111 cm³/mol. The fraction of sp³-hybridized carbons (Fsp3) is 0.625. The smallest absolute Gasteiger partial charge is 0.302 e. The standard InChI is InChI=1S/C24H30O7/c1-6-21(4)7-8-24(29)16(11-21)18(27)19(28)20-22(5,12-30-13(2)25)17(31-14(3)26)9-15-10-23(15,20)24/h6,11,15,17,28-29H,1,7-10,12H2,2-5H3. The Hall–Kier alpha value is -2.41. The summed E-state index contributed by atoms with van der Waals surface area (Å²) in [5.74, 6) is -2.13. The SMILES string of the molecule is C=CC1(C)C=C2C(=O)C(O)=C3C(C)(COC(C)=O)C(OC(C)=O)CC4CC34C2(O)CC1. The first-order valence-electron chi connectivity index (χ1n) is 10.7. The summed E-state index contributed by atoms with van der Waals surface area (Å²) in [4.78, 5) is 36.8. The van der Waals surface area contributed by atoms with Crippen LogP contribution in [0.25, 0.3) is 0 Å². The van der Waals surface area contributed by atoms with Crippen molar-refractivity contribution in [3.63, 3.8) is 0 Å². The summed E-state index contributed by atoms with van der Waals surface area (Å²) in [7, 11) is 0. The summed E-state index contributed by atoms with van der Waals surface area (Å²) in [5, 5.41) is 23.2. The largest absolute Gasteiger partial charge is 0.504 e. The Morgan fingerprint density at radius 2 is 1.94 bits per heavy atom. The molecule has 0 aromatic rings. The fourth-order valence-corrected chi connectivity index (χ4v) is 6.32. The van der Waals surface area contributed by atoms with Gasteiger partial charge in [-0.2, -0.15) is 0 Å². The maximum atomic E-state index is 13.4. The van der Waals surface area contributed by atoms with Crippen molar-refractivity contribution in [1.29, 1.82) is 0 Å². The Morgan fingerprint density at radius 3 is 2.52 bits per heavy atom. The fourth-order valence-electron chi connectivity index (χ4n) is 6.32. The maximum Gasteiger partial charge on any atom is 0.302 e. The molecule has 0 aliphatic heterocycles. The third-order valence-electron chi connectivity index (χ3n) is 8.06. The molecule has 0 heterocycles. The second kappa shape index (κ2) is 6.55. The highest BCUT2D eigenvalue weighted by atomic mass is 16.6. The van der Waals surface area contributed by atoms with Crippen LogP contribution in [0.1, 0.15) is 53.4 Å². The lowest BCUT2D eigenvalue weighted by Crippen LogP contribution is -2.60. The molecule has 4 aliphatic carbocycles. The number of fused-ring (bicyclic) bond motifs is 1. The molecule has 31 heavy (non-hydrogen) atoms. The van der Waals surface area contributed by atoms with E-state index in [4.69, 9.17) is 9.47 Å². The van der Waals surface area contributed by atoms with Gasteiger partial charge in [-0.15, -0.1) is 6.58 Å². The molecule has 0 saturated heterocycles. The molecule has 0 aromatic carbocycles. The summed E-state index contributed by atoms with van der Waals surface area (Å²) in [6.45, 7) is 9.94. The van der Waals surface area contributed by atoms with Gasteiger partial charge < -0.3 is 19.7 Å². The van der Waals surface area contributed by atoms with Crippen molar-refractivity contribution in [2.24, 2.45) is 22.2 Å². The van der Waals surface area contributed by atoms with E-state index in [2.05, 4.69) is 6.58 Å². The quantitative estimate of drug-likeness (QED) is 0.521. The molecule has 6 atom stereocenters. The van der Waals surface area contributed by atoms with Gasteiger partial charge in [0.1, 0.15) is 18.3 Å². The molecule has 0 amide bonds. The Kier molecular flexibility index (Phi) is 4.60. The molecule has 0 bridgehead atoms. The highest BCUT2D eigenvalue weighted by molar-refractivity contribution is 6.11. The normalized spacial score (nSPS) is 43.1. The van der Waals surface area contributed by atoms with Crippen molar-refractivity contribution in [3.05, 3.63) is 35.6 Å². The minimum atomic E-state index is -1.43. The van der Waals surface area contributed by atoms with Gasteiger partial charge in [-0.05, 0) is 44.1 Å². The van der Waals surface area contributed by atoms with Crippen molar-refractivity contribution in [3.8, 4) is 0 Å². The number of aliphatic hydroxyl groups is 2. The molecule has 2 N–H and O–H groups in total. The van der Waals surface area contributed by atoms with Gasteiger partial charge >= 0.3 is 11.9 Å². The van der Waals surface area contributed by atoms with Crippen LogP contribution in [0.5, 0.6) is 0 Å². The van der Waals surface area contributed by atoms with E-state index in [0.717, 1.165) is 0 Å². The summed E-state index contributed by atoms with van der Waals surface area (Å²) in [5.41, 5.74) is -3.29. The van der Waals surface area contributed by atoms with E-state index in [9.17, 15) is 24.6 Å². The molecule has 0 aromatic heterocycles. The number of allylic oxidation sites excluding steroid dienone is 3. The summed E-state index contributed by atoms with van der Waals surface area (Å²) in [6.07, 6.45) is 4.79. The van der Waals surface area contributed by atoms with Gasteiger partial charge in [0.25, 0.3) is 0 Å². The van der Waals surface area contributed by atoms with E-state index in [-0.39, 0.29) is 18.1 Å². The van der Waals surface area contributed by atoms with Gasteiger partial charge in [-0.25, -0.2) is 0 Å². The second-order valence-corrected chi connectivity index (χ2v) is 10.1. The molecule has 0 radical (unpaired) electrons. The van der Waals surface area contributed by atoms with E-state index in [1.54, 1.807) is 19.1 Å². The molecule has 6 unspecified atom stereocenters. The van der Waals surface area contributed by atoms with Gasteiger partial charge in [0.05, 0.1) is 5.41 Å². The van der Waals surface area contributed by atoms with E-state index < -0.39 is 51.4 Å². The lowest BCUT2D eigenvalue weighted by molar-refractivity contribution is -0.164. The highest BCUT2D eigenvalue weighted by Gasteiger charge is 2.79. The van der Waals surface area contributed by atoms with Crippen molar-refractivity contribution in [2.45, 2.75) is 65.1 Å². The molecule has 1 spiro atoms. The Bertz CT molecular complexity index is 961. The van der Waals surface area contributed by atoms with Gasteiger partial charge in [-0.1, -0.05) is 19.1 Å². The first-order chi connectivity index (χ1) is 14.3. The molecular formula is C24H30O7. The van der Waals surface area contributed by atoms with Crippen LogP contribution >= 0.6 is 0 Å². The third kappa shape index (κ3) is 2.78.